The minimum atomic E-state index is -0.427. The first kappa shape index (κ1) is 17.0. The van der Waals surface area contributed by atoms with Gasteiger partial charge in [0, 0.05) is 5.02 Å². The molecule has 3 N–H and O–H groups in total. The molecular formula is C16H25ClN2O. The van der Waals surface area contributed by atoms with Crippen LogP contribution in [-0.2, 0) is 4.79 Å². The number of nitrogens with two attached hydrogens (primary N) is 1. The Morgan fingerprint density at radius 3 is 2.40 bits per heavy atom. The summed E-state index contributed by atoms with van der Waals surface area (Å²) in [6.45, 7) is 6.25. The first-order valence-corrected chi connectivity index (χ1v) is 7.65. The smallest absolute Gasteiger partial charge is 0.237 e. The third-order valence-electron chi connectivity index (χ3n) is 3.40. The lowest BCUT2D eigenvalue weighted by molar-refractivity contribution is -0.123. The fourth-order valence-corrected chi connectivity index (χ4v) is 2.25. The third kappa shape index (κ3) is 5.14. The number of unbranched alkanes of at least 4 members (excludes halogenated alkanes) is 1. The summed E-state index contributed by atoms with van der Waals surface area (Å²) in [7, 11) is 0. The van der Waals surface area contributed by atoms with Gasteiger partial charge in [0.25, 0.3) is 0 Å². The molecule has 1 unspecified atom stereocenters. The molecule has 0 fully saturated rings. The molecule has 1 amide bonds. The molecule has 112 valence electrons. The van der Waals surface area contributed by atoms with E-state index in [1.165, 1.54) is 0 Å². The maximum atomic E-state index is 12.1. The second kappa shape index (κ2) is 8.28. The van der Waals surface area contributed by atoms with E-state index < -0.39 is 6.04 Å². The van der Waals surface area contributed by atoms with Crippen molar-refractivity contribution >= 4 is 17.5 Å². The van der Waals surface area contributed by atoms with Crippen LogP contribution in [-0.4, -0.2) is 11.9 Å². The molecule has 0 radical (unpaired) electrons. The van der Waals surface area contributed by atoms with E-state index in [-0.39, 0.29) is 11.9 Å². The number of carbonyl (C=O) groups is 1. The van der Waals surface area contributed by atoms with Gasteiger partial charge in [-0.25, -0.2) is 0 Å². The molecule has 20 heavy (non-hydrogen) atoms. The van der Waals surface area contributed by atoms with E-state index in [0.29, 0.717) is 10.9 Å². The molecule has 0 saturated carbocycles. The zero-order valence-electron chi connectivity index (χ0n) is 12.5. The van der Waals surface area contributed by atoms with Gasteiger partial charge in [-0.15, -0.1) is 0 Å². The molecule has 1 aromatic carbocycles. The summed E-state index contributed by atoms with van der Waals surface area (Å²) in [6, 6.07) is 7.12. The Kier molecular flexibility index (Phi) is 7.03. The Morgan fingerprint density at radius 1 is 1.30 bits per heavy atom. The van der Waals surface area contributed by atoms with Crippen LogP contribution in [0.25, 0.3) is 0 Å². The SMILES string of the molecule is CCCC[C@H](N)C(=O)NC(c1ccc(Cl)cc1)C(C)C. The van der Waals surface area contributed by atoms with Crippen LogP contribution in [0.5, 0.6) is 0 Å². The maximum Gasteiger partial charge on any atom is 0.237 e. The molecule has 4 heteroatoms. The van der Waals surface area contributed by atoms with Gasteiger partial charge < -0.3 is 11.1 Å². The second-order valence-electron chi connectivity index (χ2n) is 5.53. The number of nitrogens with one attached hydrogen (secondary N) is 1. The number of hydrogen-bond donors (Lipinski definition) is 2. The molecule has 0 spiro atoms. The first-order valence-electron chi connectivity index (χ1n) is 7.27. The predicted octanol–water partition coefficient (Wildman–Crippen LogP) is 3.67. The lowest BCUT2D eigenvalue weighted by Gasteiger charge is -2.24. The topological polar surface area (TPSA) is 55.1 Å². The normalized spacial score (nSPS) is 14.1. The molecule has 0 saturated heterocycles. The third-order valence-corrected chi connectivity index (χ3v) is 3.65. The highest BCUT2D eigenvalue weighted by atomic mass is 35.5. The van der Waals surface area contributed by atoms with Gasteiger partial charge in [0.2, 0.25) is 5.91 Å². The van der Waals surface area contributed by atoms with Crippen molar-refractivity contribution in [3.8, 4) is 0 Å². The number of carbonyl (C=O) groups excluding carboxylic acids is 1. The molecule has 0 bridgehead atoms. The number of hydrogen-bond acceptors (Lipinski definition) is 2. The zero-order valence-corrected chi connectivity index (χ0v) is 13.3. The number of benzene rings is 1. The average molecular weight is 297 g/mol. The van der Waals surface area contributed by atoms with Crippen LogP contribution < -0.4 is 11.1 Å². The standard InChI is InChI=1S/C16H25ClN2O/c1-4-5-6-14(18)16(20)19-15(11(2)3)12-7-9-13(17)10-8-12/h7-11,14-15H,4-6,18H2,1-3H3,(H,19,20)/t14-,15?/m0/s1. The minimum Gasteiger partial charge on any atom is -0.348 e. The monoisotopic (exact) mass is 296 g/mol. The summed E-state index contributed by atoms with van der Waals surface area (Å²) in [5, 5.41) is 3.75. The van der Waals surface area contributed by atoms with E-state index in [1.54, 1.807) is 0 Å². The van der Waals surface area contributed by atoms with Gasteiger partial charge in [0.1, 0.15) is 0 Å². The number of rotatable bonds is 7. The minimum absolute atomic E-state index is 0.0348. The average Bonchev–Trinajstić information content (AvgIpc) is 2.42. The predicted molar refractivity (Wildman–Crippen MR) is 84.7 cm³/mol. The van der Waals surface area contributed by atoms with Gasteiger partial charge in [-0.2, -0.15) is 0 Å². The van der Waals surface area contributed by atoms with Gasteiger partial charge >= 0.3 is 0 Å². The van der Waals surface area contributed by atoms with Crippen LogP contribution in [0.2, 0.25) is 5.02 Å². The molecular weight excluding hydrogens is 272 g/mol. The summed E-state index contributed by atoms with van der Waals surface area (Å²) < 4.78 is 0. The van der Waals surface area contributed by atoms with E-state index >= 15 is 0 Å². The Balaban J connectivity index is 2.72. The van der Waals surface area contributed by atoms with Crippen LogP contribution >= 0.6 is 11.6 Å². The first-order chi connectivity index (χ1) is 9.45. The van der Waals surface area contributed by atoms with Crippen molar-refractivity contribution in [1.29, 1.82) is 0 Å². The van der Waals surface area contributed by atoms with E-state index in [2.05, 4.69) is 26.1 Å². The van der Waals surface area contributed by atoms with Crippen LogP contribution in [0.3, 0.4) is 0 Å². The lowest BCUT2D eigenvalue weighted by atomic mass is 9.95. The Labute approximate surface area is 126 Å². The van der Waals surface area contributed by atoms with E-state index in [4.69, 9.17) is 17.3 Å². The molecule has 2 atom stereocenters. The summed E-state index contributed by atoms with van der Waals surface area (Å²) in [4.78, 5) is 12.1. The maximum absolute atomic E-state index is 12.1. The highest BCUT2D eigenvalue weighted by Crippen LogP contribution is 2.23. The lowest BCUT2D eigenvalue weighted by Crippen LogP contribution is -2.43. The summed E-state index contributed by atoms with van der Waals surface area (Å²) in [6.07, 6.45) is 2.75. The highest BCUT2D eigenvalue weighted by molar-refractivity contribution is 6.30. The van der Waals surface area contributed by atoms with Gasteiger partial charge in [-0.1, -0.05) is 57.3 Å². The van der Waals surface area contributed by atoms with Crippen molar-refractivity contribution in [2.45, 2.75) is 52.1 Å². The van der Waals surface area contributed by atoms with Crippen molar-refractivity contribution in [3.63, 3.8) is 0 Å². The van der Waals surface area contributed by atoms with Crippen LogP contribution in [0.4, 0.5) is 0 Å². The number of halogens is 1. The van der Waals surface area contributed by atoms with Crippen LogP contribution in [0, 0.1) is 5.92 Å². The molecule has 0 aliphatic heterocycles. The Hall–Kier alpha value is -1.06. The molecule has 0 aliphatic rings. The highest BCUT2D eigenvalue weighted by Gasteiger charge is 2.21. The summed E-state index contributed by atoms with van der Waals surface area (Å²) >= 11 is 5.90. The molecule has 0 aliphatic carbocycles. The van der Waals surface area contributed by atoms with Gasteiger partial charge in [0.15, 0.2) is 0 Å². The zero-order chi connectivity index (χ0) is 15.1. The van der Waals surface area contributed by atoms with Gasteiger partial charge in [-0.3, -0.25) is 4.79 Å². The molecule has 1 aromatic rings. The fraction of sp³-hybridized carbons (Fsp3) is 0.562. The molecule has 0 heterocycles. The van der Waals surface area contributed by atoms with Crippen molar-refractivity contribution in [2.75, 3.05) is 0 Å². The van der Waals surface area contributed by atoms with Gasteiger partial charge in [0.05, 0.1) is 12.1 Å². The quantitative estimate of drug-likeness (QED) is 0.806. The van der Waals surface area contributed by atoms with Crippen molar-refractivity contribution < 1.29 is 4.79 Å². The van der Waals surface area contributed by atoms with E-state index in [9.17, 15) is 4.79 Å². The fourth-order valence-electron chi connectivity index (χ4n) is 2.12. The molecule has 0 aromatic heterocycles. The number of amides is 1. The van der Waals surface area contributed by atoms with Crippen molar-refractivity contribution in [1.82, 2.24) is 5.32 Å². The Morgan fingerprint density at radius 2 is 1.90 bits per heavy atom. The molecule has 1 rings (SSSR count). The largest absolute Gasteiger partial charge is 0.348 e. The second-order valence-corrected chi connectivity index (χ2v) is 5.97. The van der Waals surface area contributed by atoms with E-state index in [1.807, 2.05) is 24.3 Å². The molecule has 3 nitrogen and oxygen atoms in total. The summed E-state index contributed by atoms with van der Waals surface area (Å²) in [5.74, 6) is 0.214. The van der Waals surface area contributed by atoms with E-state index in [0.717, 1.165) is 24.8 Å². The van der Waals surface area contributed by atoms with Crippen LogP contribution in [0.15, 0.2) is 24.3 Å². The van der Waals surface area contributed by atoms with Gasteiger partial charge in [-0.05, 0) is 30.0 Å². The summed E-state index contributed by atoms with van der Waals surface area (Å²) in [5.41, 5.74) is 6.98. The van der Waals surface area contributed by atoms with Crippen molar-refractivity contribution in [2.24, 2.45) is 11.7 Å². The Bertz CT molecular complexity index is 417. The van der Waals surface area contributed by atoms with Crippen molar-refractivity contribution in [3.05, 3.63) is 34.9 Å². The van der Waals surface area contributed by atoms with Crippen LogP contribution in [0.1, 0.15) is 51.6 Å².